The fourth-order valence-electron chi connectivity index (χ4n) is 1.66. The van der Waals surface area contributed by atoms with Crippen molar-refractivity contribution in [3.63, 3.8) is 0 Å². The molecule has 0 spiro atoms. The van der Waals surface area contributed by atoms with E-state index in [2.05, 4.69) is 15.4 Å². The number of nitrogens with one attached hydrogen (secondary N) is 2. The molecule has 122 valence electrons. The summed E-state index contributed by atoms with van der Waals surface area (Å²) in [6.45, 7) is 3.90. The van der Waals surface area contributed by atoms with Crippen LogP contribution in [-0.4, -0.2) is 56.0 Å². The maximum atomic E-state index is 11.8. The molecular weight excluding hydrogens is 280 g/mol. The van der Waals surface area contributed by atoms with E-state index < -0.39 is 30.1 Å². The molecule has 21 heavy (non-hydrogen) atoms. The van der Waals surface area contributed by atoms with E-state index in [0.29, 0.717) is 13.0 Å². The maximum Gasteiger partial charge on any atom is 0.328 e. The number of aliphatic carboxylic acids is 1. The predicted octanol–water partition coefficient (Wildman–Crippen LogP) is 0.363. The first-order chi connectivity index (χ1) is 9.83. The number of hydrogen-bond acceptors (Lipinski definition) is 5. The summed E-state index contributed by atoms with van der Waals surface area (Å²) in [4.78, 5) is 34.4. The van der Waals surface area contributed by atoms with Crippen LogP contribution >= 0.6 is 0 Å². The monoisotopic (exact) mass is 304 g/mol. The second-order valence-electron chi connectivity index (χ2n) is 4.89. The second-order valence-corrected chi connectivity index (χ2v) is 4.89. The molecule has 0 bridgehead atoms. The van der Waals surface area contributed by atoms with Gasteiger partial charge in [0, 0.05) is 13.7 Å². The number of carboxylic acids is 1. The van der Waals surface area contributed by atoms with Crippen molar-refractivity contribution in [1.29, 1.82) is 0 Å². The van der Waals surface area contributed by atoms with Crippen LogP contribution in [0.25, 0.3) is 0 Å². The van der Waals surface area contributed by atoms with Gasteiger partial charge < -0.3 is 25.2 Å². The average molecular weight is 304 g/mol. The SMILES string of the molecule is COCCCC(NC(=O)NC(C(=O)OC)C(C)C)C(=O)O. The van der Waals surface area contributed by atoms with Crippen molar-refractivity contribution < 1.29 is 29.0 Å². The summed E-state index contributed by atoms with van der Waals surface area (Å²) in [5.41, 5.74) is 0. The largest absolute Gasteiger partial charge is 0.480 e. The Labute approximate surface area is 124 Å². The normalized spacial score (nSPS) is 13.4. The van der Waals surface area contributed by atoms with Crippen molar-refractivity contribution >= 4 is 18.0 Å². The van der Waals surface area contributed by atoms with Crippen LogP contribution in [-0.2, 0) is 19.1 Å². The smallest absolute Gasteiger partial charge is 0.328 e. The number of rotatable bonds is 9. The molecule has 0 aromatic heterocycles. The molecule has 0 aliphatic rings. The number of hydrogen-bond donors (Lipinski definition) is 3. The quantitative estimate of drug-likeness (QED) is 0.419. The number of amides is 2. The molecule has 0 aromatic carbocycles. The number of carbonyl (C=O) groups is 3. The van der Waals surface area contributed by atoms with E-state index in [-0.39, 0.29) is 12.3 Å². The zero-order valence-electron chi connectivity index (χ0n) is 12.8. The molecule has 2 unspecified atom stereocenters. The van der Waals surface area contributed by atoms with Gasteiger partial charge in [-0.2, -0.15) is 0 Å². The van der Waals surface area contributed by atoms with Gasteiger partial charge in [-0.25, -0.2) is 14.4 Å². The van der Waals surface area contributed by atoms with Crippen molar-refractivity contribution in [1.82, 2.24) is 10.6 Å². The summed E-state index contributed by atoms with van der Waals surface area (Å²) in [6.07, 6.45) is 0.736. The minimum absolute atomic E-state index is 0.181. The number of urea groups is 1. The van der Waals surface area contributed by atoms with E-state index in [1.54, 1.807) is 13.8 Å². The topological polar surface area (TPSA) is 114 Å². The minimum atomic E-state index is -1.14. The molecule has 0 saturated carbocycles. The van der Waals surface area contributed by atoms with E-state index in [1.807, 2.05) is 0 Å². The lowest BCUT2D eigenvalue weighted by molar-refractivity contribution is -0.144. The lowest BCUT2D eigenvalue weighted by Gasteiger charge is -2.21. The summed E-state index contributed by atoms with van der Waals surface area (Å²) >= 11 is 0. The molecule has 0 aromatic rings. The van der Waals surface area contributed by atoms with E-state index in [9.17, 15) is 14.4 Å². The van der Waals surface area contributed by atoms with Crippen LogP contribution in [0.4, 0.5) is 4.79 Å². The Morgan fingerprint density at radius 1 is 1.14 bits per heavy atom. The maximum absolute atomic E-state index is 11.8. The first-order valence-corrected chi connectivity index (χ1v) is 6.70. The van der Waals surface area contributed by atoms with Crippen LogP contribution in [0, 0.1) is 5.92 Å². The van der Waals surface area contributed by atoms with Crippen molar-refractivity contribution in [2.24, 2.45) is 5.92 Å². The lowest BCUT2D eigenvalue weighted by Crippen LogP contribution is -2.53. The second kappa shape index (κ2) is 9.98. The summed E-state index contributed by atoms with van der Waals surface area (Å²) in [5, 5.41) is 13.8. The molecule has 0 saturated heterocycles. The summed E-state index contributed by atoms with van der Waals surface area (Å²) in [6, 6.07) is -2.59. The number of carboxylic acid groups (broad SMARTS) is 1. The molecule has 0 radical (unpaired) electrons. The van der Waals surface area contributed by atoms with Crippen LogP contribution in [0.2, 0.25) is 0 Å². The van der Waals surface area contributed by atoms with E-state index in [0.717, 1.165) is 0 Å². The third-order valence-electron chi connectivity index (χ3n) is 2.85. The summed E-state index contributed by atoms with van der Waals surface area (Å²) < 4.78 is 9.43. The van der Waals surface area contributed by atoms with Crippen molar-refractivity contribution in [2.45, 2.75) is 38.8 Å². The Morgan fingerprint density at radius 2 is 1.76 bits per heavy atom. The van der Waals surface area contributed by atoms with Crippen LogP contribution in [0.15, 0.2) is 0 Å². The Bertz CT molecular complexity index is 359. The highest BCUT2D eigenvalue weighted by Gasteiger charge is 2.27. The highest BCUT2D eigenvalue weighted by atomic mass is 16.5. The van der Waals surface area contributed by atoms with Gasteiger partial charge in [0.15, 0.2) is 0 Å². The highest BCUT2D eigenvalue weighted by Crippen LogP contribution is 2.04. The molecule has 8 nitrogen and oxygen atoms in total. The first-order valence-electron chi connectivity index (χ1n) is 6.70. The zero-order valence-corrected chi connectivity index (χ0v) is 12.8. The molecule has 2 atom stereocenters. The molecule has 0 heterocycles. The first kappa shape index (κ1) is 19.2. The van der Waals surface area contributed by atoms with Gasteiger partial charge in [0.05, 0.1) is 7.11 Å². The van der Waals surface area contributed by atoms with Crippen LogP contribution in [0.3, 0.4) is 0 Å². The lowest BCUT2D eigenvalue weighted by atomic mass is 10.1. The molecule has 0 aliphatic heterocycles. The van der Waals surface area contributed by atoms with Gasteiger partial charge in [0.25, 0.3) is 0 Å². The van der Waals surface area contributed by atoms with Gasteiger partial charge in [0.1, 0.15) is 12.1 Å². The molecule has 3 N–H and O–H groups in total. The zero-order chi connectivity index (χ0) is 16.4. The third kappa shape index (κ3) is 7.50. The van der Waals surface area contributed by atoms with E-state index in [4.69, 9.17) is 9.84 Å². The average Bonchev–Trinajstić information content (AvgIpc) is 2.42. The molecule has 2 amide bonds. The Balaban J connectivity index is 4.53. The van der Waals surface area contributed by atoms with Gasteiger partial charge in [-0.15, -0.1) is 0 Å². The molecule has 0 aliphatic carbocycles. The number of carbonyl (C=O) groups excluding carboxylic acids is 2. The Morgan fingerprint density at radius 3 is 2.19 bits per heavy atom. The molecular formula is C13H24N2O6. The predicted molar refractivity (Wildman–Crippen MR) is 74.8 cm³/mol. The fraction of sp³-hybridized carbons (Fsp3) is 0.769. The number of esters is 1. The van der Waals surface area contributed by atoms with Crippen LogP contribution < -0.4 is 10.6 Å². The molecule has 0 rings (SSSR count). The van der Waals surface area contributed by atoms with Crippen molar-refractivity contribution in [3.05, 3.63) is 0 Å². The number of ether oxygens (including phenoxy) is 2. The van der Waals surface area contributed by atoms with Crippen LogP contribution in [0.5, 0.6) is 0 Å². The fourth-order valence-corrected chi connectivity index (χ4v) is 1.66. The summed E-state index contributed by atoms with van der Waals surface area (Å²) in [5.74, 6) is -1.90. The molecule has 8 heteroatoms. The standard InChI is InChI=1S/C13H24N2O6/c1-8(2)10(12(18)21-4)15-13(19)14-9(11(16)17)6-5-7-20-3/h8-10H,5-7H2,1-4H3,(H,16,17)(H2,14,15,19). The minimum Gasteiger partial charge on any atom is -0.480 e. The van der Waals surface area contributed by atoms with Crippen molar-refractivity contribution in [3.8, 4) is 0 Å². The van der Waals surface area contributed by atoms with E-state index >= 15 is 0 Å². The third-order valence-corrected chi connectivity index (χ3v) is 2.85. The van der Waals surface area contributed by atoms with Gasteiger partial charge in [-0.1, -0.05) is 13.8 Å². The molecule has 0 fully saturated rings. The number of methoxy groups -OCH3 is 2. The summed E-state index contributed by atoms with van der Waals surface area (Å²) in [7, 11) is 2.74. The van der Waals surface area contributed by atoms with Gasteiger partial charge in [-0.3, -0.25) is 0 Å². The Hall–Kier alpha value is -1.83. The van der Waals surface area contributed by atoms with Gasteiger partial charge in [0.2, 0.25) is 0 Å². The van der Waals surface area contributed by atoms with Gasteiger partial charge >= 0.3 is 18.0 Å². The van der Waals surface area contributed by atoms with E-state index in [1.165, 1.54) is 14.2 Å². The van der Waals surface area contributed by atoms with Gasteiger partial charge in [-0.05, 0) is 18.8 Å². The Kier molecular flexibility index (Phi) is 9.11. The van der Waals surface area contributed by atoms with Crippen molar-refractivity contribution in [2.75, 3.05) is 20.8 Å². The highest BCUT2D eigenvalue weighted by molar-refractivity contribution is 5.86. The van der Waals surface area contributed by atoms with Crippen LogP contribution in [0.1, 0.15) is 26.7 Å².